The Morgan fingerprint density at radius 1 is 1.06 bits per heavy atom. The van der Waals surface area contributed by atoms with Crippen molar-refractivity contribution >= 4 is 29.6 Å². The molecule has 0 radical (unpaired) electrons. The average molecular weight is 455 g/mol. The Morgan fingerprint density at radius 2 is 1.85 bits per heavy atom. The highest BCUT2D eigenvalue weighted by atomic mass is 16.1. The van der Waals surface area contributed by atoms with Gasteiger partial charge in [-0.1, -0.05) is 12.1 Å². The number of aliphatic imine (C=N–C) groups is 2. The summed E-state index contributed by atoms with van der Waals surface area (Å²) in [4.78, 5) is 24.0. The van der Waals surface area contributed by atoms with Crippen molar-refractivity contribution in [1.82, 2.24) is 15.1 Å². The first-order valence-electron chi connectivity index (χ1n) is 11.6. The first-order chi connectivity index (χ1) is 16.6. The Balaban J connectivity index is 1.62. The van der Waals surface area contributed by atoms with Crippen molar-refractivity contribution in [2.45, 2.75) is 19.8 Å². The molecule has 1 saturated heterocycles. The van der Waals surface area contributed by atoms with E-state index in [0.29, 0.717) is 23.7 Å². The average Bonchev–Trinajstić information content (AvgIpc) is 2.90. The lowest BCUT2D eigenvalue weighted by Crippen LogP contribution is -2.31. The van der Waals surface area contributed by atoms with Crippen molar-refractivity contribution in [2.75, 3.05) is 32.0 Å². The number of nitrogens with zero attached hydrogens (tertiary/aromatic N) is 5. The molecule has 34 heavy (non-hydrogen) atoms. The molecule has 0 unspecified atom stereocenters. The second kappa shape index (κ2) is 11.4. The molecule has 174 valence electrons. The van der Waals surface area contributed by atoms with Crippen molar-refractivity contribution in [1.29, 1.82) is 0 Å². The normalized spacial score (nSPS) is 24.4. The lowest BCUT2D eigenvalue weighted by molar-refractivity contribution is 0.102. The van der Waals surface area contributed by atoms with Crippen molar-refractivity contribution < 1.29 is 4.79 Å². The van der Waals surface area contributed by atoms with Crippen LogP contribution in [0.5, 0.6) is 0 Å². The van der Waals surface area contributed by atoms with Crippen LogP contribution in [0.4, 0.5) is 5.69 Å². The van der Waals surface area contributed by atoms with Gasteiger partial charge in [-0.2, -0.15) is 10.2 Å². The largest absolute Gasteiger partial charge is 0.320 e. The Bertz CT molecular complexity index is 1140. The molecule has 1 aromatic carbocycles. The van der Waals surface area contributed by atoms with Crippen LogP contribution in [0.1, 0.15) is 35.7 Å². The molecule has 0 saturated carbocycles. The minimum atomic E-state index is -0.184. The molecule has 3 heterocycles. The van der Waals surface area contributed by atoms with Gasteiger partial charge >= 0.3 is 0 Å². The lowest BCUT2D eigenvalue weighted by Gasteiger charge is -2.29. The van der Waals surface area contributed by atoms with E-state index >= 15 is 0 Å². The van der Waals surface area contributed by atoms with Crippen molar-refractivity contribution in [3.8, 4) is 0 Å². The number of amides is 1. The number of anilines is 1. The summed E-state index contributed by atoms with van der Waals surface area (Å²) < 4.78 is 0. The van der Waals surface area contributed by atoms with E-state index in [1.807, 2.05) is 49.8 Å². The van der Waals surface area contributed by atoms with Crippen LogP contribution < -0.4 is 5.32 Å². The Kier molecular flexibility index (Phi) is 7.88. The minimum absolute atomic E-state index is 0.184. The van der Waals surface area contributed by atoms with Crippen LogP contribution in [0, 0.1) is 5.92 Å². The predicted molar refractivity (Wildman–Crippen MR) is 138 cm³/mol. The highest BCUT2D eigenvalue weighted by Gasteiger charge is 2.20. The number of aromatic nitrogens is 2. The van der Waals surface area contributed by atoms with Crippen LogP contribution in [0.15, 0.2) is 82.2 Å². The third-order valence-corrected chi connectivity index (χ3v) is 6.03. The fourth-order valence-corrected chi connectivity index (χ4v) is 4.08. The van der Waals surface area contributed by atoms with Crippen LogP contribution in [0.25, 0.3) is 5.57 Å². The summed E-state index contributed by atoms with van der Waals surface area (Å²) >= 11 is 0. The zero-order chi connectivity index (χ0) is 23.8. The molecule has 2 aromatic rings. The predicted octanol–water partition coefficient (Wildman–Crippen LogP) is 4.44. The summed E-state index contributed by atoms with van der Waals surface area (Å²) in [5, 5.41) is 10.4. The van der Waals surface area contributed by atoms with Crippen molar-refractivity contribution in [2.24, 2.45) is 15.9 Å². The first-order valence-corrected chi connectivity index (χ1v) is 11.6. The summed E-state index contributed by atoms with van der Waals surface area (Å²) in [5.74, 6) is 0.292. The molecule has 0 spiro atoms. The second-order valence-electron chi connectivity index (χ2n) is 8.68. The number of carbonyl (C=O) groups is 1. The molecular formula is C27H30N6O. The number of likely N-dealkylation sites (tertiary alicyclic amines) is 1. The number of carbonyl (C=O) groups excluding carboxylic acids is 1. The van der Waals surface area contributed by atoms with E-state index < -0.39 is 0 Å². The number of rotatable bonds is 4. The Morgan fingerprint density at radius 3 is 2.59 bits per heavy atom. The molecule has 7 heteroatoms. The topological polar surface area (TPSA) is 82.8 Å². The monoisotopic (exact) mass is 454 g/mol. The van der Waals surface area contributed by atoms with Crippen LogP contribution in [0.3, 0.4) is 0 Å². The molecule has 4 rings (SSSR count). The van der Waals surface area contributed by atoms with Gasteiger partial charge in [0.2, 0.25) is 0 Å². The van der Waals surface area contributed by atoms with Gasteiger partial charge in [0, 0.05) is 24.2 Å². The van der Waals surface area contributed by atoms with Gasteiger partial charge in [-0.25, -0.2) is 0 Å². The fraction of sp³-hybridized carbons (Fsp3) is 0.296. The number of hydrogen-bond donors (Lipinski definition) is 1. The van der Waals surface area contributed by atoms with Crippen LogP contribution in [-0.4, -0.2) is 60.1 Å². The molecular weight excluding hydrogens is 424 g/mol. The van der Waals surface area contributed by atoms with Crippen LogP contribution in [-0.2, 0) is 0 Å². The van der Waals surface area contributed by atoms with Gasteiger partial charge in [-0.3, -0.25) is 14.8 Å². The molecule has 1 N–H and O–H groups in total. The molecule has 0 bridgehead atoms. The fourth-order valence-electron chi connectivity index (χ4n) is 4.08. The van der Waals surface area contributed by atoms with E-state index in [4.69, 9.17) is 0 Å². The number of benzene rings is 1. The van der Waals surface area contributed by atoms with Gasteiger partial charge in [-0.05, 0) is 98.5 Å². The van der Waals surface area contributed by atoms with E-state index in [2.05, 4.69) is 49.6 Å². The molecule has 1 amide bonds. The van der Waals surface area contributed by atoms with E-state index in [1.165, 1.54) is 11.8 Å². The number of allylic oxidation sites excluding steroid dienone is 5. The minimum Gasteiger partial charge on any atom is -0.320 e. The van der Waals surface area contributed by atoms with E-state index in [0.717, 1.165) is 42.6 Å². The highest BCUT2D eigenvalue weighted by Crippen LogP contribution is 2.28. The zero-order valence-electron chi connectivity index (χ0n) is 19.7. The smallest absolute Gasteiger partial charge is 0.255 e. The summed E-state index contributed by atoms with van der Waals surface area (Å²) in [7, 11) is 2.18. The maximum atomic E-state index is 12.6. The van der Waals surface area contributed by atoms with E-state index in [1.54, 1.807) is 12.3 Å². The van der Waals surface area contributed by atoms with Gasteiger partial charge in [-0.15, -0.1) is 0 Å². The first kappa shape index (κ1) is 23.4. The van der Waals surface area contributed by atoms with Crippen molar-refractivity contribution in [3.63, 3.8) is 0 Å². The van der Waals surface area contributed by atoms with Crippen molar-refractivity contribution in [3.05, 3.63) is 83.4 Å². The Labute approximate surface area is 200 Å². The zero-order valence-corrected chi connectivity index (χ0v) is 19.7. The molecule has 2 aliphatic heterocycles. The standard InChI is InChI=1S/C27H30N6O/c1-20-15-24(16-25(18-29-12-11-28-17-20)22-8-13-33(2)14-9-22)21-3-5-23(6-4-21)27(34)32-26-7-10-30-31-19-26/h3-7,10-11,15-19,22H,8-9,12-14H2,1-2H3,(H,30,32,34)/b20-17+,24-15+,25-16-,28-11-,29-18+. The van der Waals surface area contributed by atoms with Gasteiger partial charge in [0.1, 0.15) is 0 Å². The third kappa shape index (κ3) is 6.42. The second-order valence-corrected chi connectivity index (χ2v) is 8.68. The molecule has 7 nitrogen and oxygen atoms in total. The molecule has 1 aromatic heterocycles. The summed E-state index contributed by atoms with van der Waals surface area (Å²) in [5.41, 5.74) is 5.61. The van der Waals surface area contributed by atoms with Crippen LogP contribution >= 0.6 is 0 Å². The lowest BCUT2D eigenvalue weighted by atomic mass is 9.87. The van der Waals surface area contributed by atoms with Crippen LogP contribution in [0.2, 0.25) is 0 Å². The van der Waals surface area contributed by atoms with Gasteiger partial charge in [0.15, 0.2) is 0 Å². The highest BCUT2D eigenvalue weighted by molar-refractivity contribution is 6.04. The summed E-state index contributed by atoms with van der Waals surface area (Å²) in [6, 6.07) is 9.38. The Hall–Kier alpha value is -3.71. The number of nitrogens with one attached hydrogen (secondary N) is 1. The summed E-state index contributed by atoms with van der Waals surface area (Å²) in [6.07, 6.45) is 15.4. The van der Waals surface area contributed by atoms with Gasteiger partial charge in [0.05, 0.1) is 24.6 Å². The van der Waals surface area contributed by atoms with Gasteiger partial charge in [0.25, 0.3) is 5.91 Å². The number of hydrogen-bond acceptors (Lipinski definition) is 6. The maximum absolute atomic E-state index is 12.6. The maximum Gasteiger partial charge on any atom is 0.255 e. The molecule has 2 aliphatic rings. The quantitative estimate of drug-likeness (QED) is 0.740. The third-order valence-electron chi connectivity index (χ3n) is 6.03. The summed E-state index contributed by atoms with van der Waals surface area (Å²) in [6.45, 7) is 4.79. The molecule has 0 aliphatic carbocycles. The SMILES string of the molecule is CC1=C\N=C/C/N=C/C(C2CCN(C)CC2)=C/C(c2ccc(C(=O)Nc3ccnnc3)cc2)=C\1. The van der Waals surface area contributed by atoms with Gasteiger partial charge < -0.3 is 10.2 Å². The molecule has 1 fully saturated rings. The number of piperidine rings is 1. The van der Waals surface area contributed by atoms with E-state index in [-0.39, 0.29) is 5.91 Å². The van der Waals surface area contributed by atoms with E-state index in [9.17, 15) is 4.79 Å². The molecule has 0 atom stereocenters.